The number of nitrogens with zero attached hydrogens (tertiary/aromatic N) is 2. The third-order valence-corrected chi connectivity index (χ3v) is 2.41. The largest absolute Gasteiger partial charge is 0.480 e. The molecule has 0 aromatic carbocycles. The number of ketones is 1. The van der Waals surface area contributed by atoms with Crippen molar-refractivity contribution in [2.75, 3.05) is 20.3 Å². The maximum absolute atomic E-state index is 12.2. The van der Waals surface area contributed by atoms with E-state index in [0.29, 0.717) is 0 Å². The number of Topliss-reactive ketones (excluding diaryl/α,β-unsaturated/α-hetero) is 1. The van der Waals surface area contributed by atoms with Crippen LogP contribution in [0.4, 0.5) is 0 Å². The van der Waals surface area contributed by atoms with Crippen LogP contribution >= 0.6 is 0 Å². The minimum Gasteiger partial charge on any atom is -0.480 e. The molecule has 1 aromatic heterocycles. The number of carbonyl (C=O) groups excluding carboxylic acids is 3. The molecule has 1 heterocycles. The van der Waals surface area contributed by atoms with Crippen LogP contribution in [0.2, 0.25) is 0 Å². The number of aromatic nitrogens is 2. The lowest BCUT2D eigenvalue weighted by Crippen LogP contribution is -2.35. The second-order valence-electron chi connectivity index (χ2n) is 3.76. The Morgan fingerprint density at radius 1 is 1.05 bits per heavy atom. The number of methoxy groups -OCH3 is 1. The average Bonchev–Trinajstić information content (AvgIpc) is 2.48. The van der Waals surface area contributed by atoms with E-state index in [1.165, 1.54) is 19.2 Å². The van der Waals surface area contributed by atoms with Gasteiger partial charge < -0.3 is 14.2 Å². The van der Waals surface area contributed by atoms with Crippen molar-refractivity contribution < 1.29 is 28.6 Å². The molecule has 114 valence electrons. The number of ether oxygens (including phenoxy) is 3. The van der Waals surface area contributed by atoms with Crippen LogP contribution in [-0.4, -0.2) is 48.2 Å². The van der Waals surface area contributed by atoms with Gasteiger partial charge >= 0.3 is 11.9 Å². The molecule has 0 aliphatic rings. The lowest BCUT2D eigenvalue weighted by molar-refractivity contribution is -0.158. The van der Waals surface area contributed by atoms with Gasteiger partial charge in [-0.25, -0.2) is 0 Å². The minimum atomic E-state index is -1.70. The molecule has 0 aliphatic heterocycles. The van der Waals surface area contributed by atoms with Crippen LogP contribution in [0.25, 0.3) is 0 Å². The molecule has 0 saturated heterocycles. The highest BCUT2D eigenvalue weighted by Gasteiger charge is 2.38. The van der Waals surface area contributed by atoms with Crippen molar-refractivity contribution in [3.63, 3.8) is 0 Å². The first kappa shape index (κ1) is 16.5. The van der Waals surface area contributed by atoms with Gasteiger partial charge in [-0.1, -0.05) is 0 Å². The van der Waals surface area contributed by atoms with Crippen molar-refractivity contribution >= 4 is 17.7 Å². The highest BCUT2D eigenvalue weighted by atomic mass is 16.6. The van der Waals surface area contributed by atoms with Crippen molar-refractivity contribution in [2.24, 2.45) is 5.92 Å². The van der Waals surface area contributed by atoms with Gasteiger partial charge in [-0.3, -0.25) is 14.4 Å². The Morgan fingerprint density at radius 2 is 1.62 bits per heavy atom. The fourth-order valence-electron chi connectivity index (χ4n) is 1.47. The quantitative estimate of drug-likeness (QED) is 0.405. The van der Waals surface area contributed by atoms with Crippen molar-refractivity contribution in [1.29, 1.82) is 0 Å². The molecule has 21 heavy (non-hydrogen) atoms. The van der Waals surface area contributed by atoms with E-state index in [1.54, 1.807) is 13.8 Å². The summed E-state index contributed by atoms with van der Waals surface area (Å²) in [4.78, 5) is 35.8. The van der Waals surface area contributed by atoms with Crippen molar-refractivity contribution in [3.05, 3.63) is 17.8 Å². The molecule has 0 atom stereocenters. The first-order valence-corrected chi connectivity index (χ1v) is 6.30. The van der Waals surface area contributed by atoms with Crippen molar-refractivity contribution in [3.8, 4) is 5.88 Å². The highest BCUT2D eigenvalue weighted by Crippen LogP contribution is 2.13. The molecule has 0 amide bonds. The van der Waals surface area contributed by atoms with E-state index < -0.39 is 23.6 Å². The van der Waals surface area contributed by atoms with E-state index in [2.05, 4.69) is 10.2 Å². The van der Waals surface area contributed by atoms with E-state index in [-0.39, 0.29) is 24.8 Å². The third-order valence-electron chi connectivity index (χ3n) is 2.41. The summed E-state index contributed by atoms with van der Waals surface area (Å²) in [5, 5.41) is 7.23. The van der Waals surface area contributed by atoms with Gasteiger partial charge in [-0.2, -0.15) is 0 Å². The topological polar surface area (TPSA) is 105 Å². The predicted octanol–water partition coefficient (Wildman–Crippen LogP) is 0.410. The van der Waals surface area contributed by atoms with Crippen molar-refractivity contribution in [1.82, 2.24) is 10.2 Å². The maximum Gasteiger partial charge on any atom is 0.328 e. The van der Waals surface area contributed by atoms with Gasteiger partial charge in [0.15, 0.2) is 0 Å². The lowest BCUT2D eigenvalue weighted by Gasteiger charge is -2.12. The Kier molecular flexibility index (Phi) is 6.25. The van der Waals surface area contributed by atoms with E-state index in [4.69, 9.17) is 14.2 Å². The zero-order chi connectivity index (χ0) is 15.8. The molecule has 0 fully saturated rings. The van der Waals surface area contributed by atoms with Crippen LogP contribution in [0, 0.1) is 5.92 Å². The molecule has 0 unspecified atom stereocenters. The minimum absolute atomic E-state index is 0.0380. The molecule has 0 radical (unpaired) electrons. The summed E-state index contributed by atoms with van der Waals surface area (Å²) in [5.41, 5.74) is -0.151. The van der Waals surface area contributed by atoms with E-state index in [9.17, 15) is 14.4 Å². The number of hydrogen-bond acceptors (Lipinski definition) is 8. The van der Waals surface area contributed by atoms with E-state index in [0.717, 1.165) is 0 Å². The number of esters is 2. The molecule has 8 heteroatoms. The first-order chi connectivity index (χ1) is 10.0. The number of carbonyl (C=O) groups is 3. The SMILES string of the molecule is CCOC(=O)C(C(=O)OCC)C(=O)c1ccc(OC)nn1. The summed E-state index contributed by atoms with van der Waals surface area (Å²) >= 11 is 0. The van der Waals surface area contributed by atoms with Crippen LogP contribution in [0.3, 0.4) is 0 Å². The maximum atomic E-state index is 12.2. The summed E-state index contributed by atoms with van der Waals surface area (Å²) in [5.74, 6) is -4.28. The van der Waals surface area contributed by atoms with Gasteiger partial charge in [0.1, 0.15) is 5.69 Å². The van der Waals surface area contributed by atoms with Gasteiger partial charge in [0.05, 0.1) is 20.3 Å². The summed E-state index contributed by atoms with van der Waals surface area (Å²) in [6.07, 6.45) is 0. The van der Waals surface area contributed by atoms with Gasteiger partial charge in [0.25, 0.3) is 0 Å². The zero-order valence-electron chi connectivity index (χ0n) is 12.0. The molecule has 0 saturated carbocycles. The van der Waals surface area contributed by atoms with Crippen LogP contribution in [0.1, 0.15) is 24.3 Å². The zero-order valence-corrected chi connectivity index (χ0v) is 12.0. The van der Waals surface area contributed by atoms with Crippen LogP contribution in [0.5, 0.6) is 5.88 Å². The second-order valence-corrected chi connectivity index (χ2v) is 3.76. The third kappa shape index (κ3) is 4.23. The van der Waals surface area contributed by atoms with E-state index in [1.807, 2.05) is 0 Å². The molecular formula is C13H16N2O6. The molecule has 0 aliphatic carbocycles. The van der Waals surface area contributed by atoms with Gasteiger partial charge in [-0.15, -0.1) is 10.2 Å². The number of hydrogen-bond donors (Lipinski definition) is 0. The molecule has 8 nitrogen and oxygen atoms in total. The lowest BCUT2D eigenvalue weighted by atomic mass is 10.0. The molecular weight excluding hydrogens is 280 g/mol. The van der Waals surface area contributed by atoms with Crippen LogP contribution in [-0.2, 0) is 19.1 Å². The Morgan fingerprint density at radius 3 is 2.00 bits per heavy atom. The van der Waals surface area contributed by atoms with Crippen LogP contribution in [0.15, 0.2) is 12.1 Å². The molecule has 0 spiro atoms. The predicted molar refractivity (Wildman–Crippen MR) is 69.7 cm³/mol. The Hall–Kier alpha value is -2.51. The van der Waals surface area contributed by atoms with Crippen LogP contribution < -0.4 is 4.74 Å². The highest BCUT2D eigenvalue weighted by molar-refractivity contribution is 6.20. The molecule has 1 aromatic rings. The van der Waals surface area contributed by atoms with Gasteiger partial charge in [-0.05, 0) is 19.9 Å². The summed E-state index contributed by atoms with van der Waals surface area (Å²) in [6, 6.07) is 2.70. The summed E-state index contributed by atoms with van der Waals surface area (Å²) in [7, 11) is 1.39. The molecule has 0 N–H and O–H groups in total. The summed E-state index contributed by atoms with van der Waals surface area (Å²) in [6.45, 7) is 3.21. The standard InChI is InChI=1S/C13H16N2O6/c1-4-20-12(17)10(13(18)21-5-2)11(16)8-6-7-9(19-3)15-14-8/h6-7,10H,4-5H2,1-3H3. The smallest absolute Gasteiger partial charge is 0.328 e. The summed E-state index contributed by atoms with van der Waals surface area (Å²) < 4.78 is 14.3. The van der Waals surface area contributed by atoms with Crippen molar-refractivity contribution in [2.45, 2.75) is 13.8 Å². The van der Waals surface area contributed by atoms with E-state index >= 15 is 0 Å². The van der Waals surface area contributed by atoms with Gasteiger partial charge in [0.2, 0.25) is 17.6 Å². The first-order valence-electron chi connectivity index (χ1n) is 6.30. The molecule has 0 bridgehead atoms. The Labute approximate surface area is 121 Å². The number of rotatable bonds is 7. The Balaban J connectivity index is 3.02. The fraction of sp³-hybridized carbons (Fsp3) is 0.462. The fourth-order valence-corrected chi connectivity index (χ4v) is 1.47. The average molecular weight is 296 g/mol. The monoisotopic (exact) mass is 296 g/mol. The molecule has 1 rings (SSSR count). The Bertz CT molecular complexity index is 496. The van der Waals surface area contributed by atoms with Gasteiger partial charge in [0, 0.05) is 6.07 Å². The second kappa shape index (κ2) is 7.93. The normalized spacial score (nSPS) is 10.1.